The number of benzene rings is 1. The summed E-state index contributed by atoms with van der Waals surface area (Å²) < 4.78 is 0. The molecule has 0 aliphatic carbocycles. The molecule has 1 aromatic rings. The predicted octanol–water partition coefficient (Wildman–Crippen LogP) is 0.722. The van der Waals surface area contributed by atoms with Gasteiger partial charge >= 0.3 is 0 Å². The van der Waals surface area contributed by atoms with Crippen LogP contribution < -0.4 is 10.6 Å². The number of fused-ring (bicyclic) bond motifs is 1. The standard InChI is InChI=1S/C17H19N3O4/c1-9-3-5-11(6-4-9)18-16(23)14-15(22)12-7-20(10(2)21)8-13(12)19-17(14)24/h3-6,12-13,22H,7-8H2,1-2H3,(H,18,23)(H,19,24)/t12-,13-/m0/s1. The zero-order chi connectivity index (χ0) is 17.4. The predicted molar refractivity (Wildman–Crippen MR) is 87.1 cm³/mol. The fraction of sp³-hybridized carbons (Fsp3) is 0.353. The van der Waals surface area contributed by atoms with Crippen LogP contribution in [0.2, 0.25) is 0 Å². The van der Waals surface area contributed by atoms with E-state index in [0.717, 1.165) is 5.56 Å². The van der Waals surface area contributed by atoms with Crippen molar-refractivity contribution in [3.05, 3.63) is 41.2 Å². The summed E-state index contributed by atoms with van der Waals surface area (Å²) in [5.74, 6) is -2.11. The highest BCUT2D eigenvalue weighted by Gasteiger charge is 2.44. The number of aliphatic hydroxyl groups excluding tert-OH is 1. The van der Waals surface area contributed by atoms with Crippen LogP contribution in [-0.2, 0) is 14.4 Å². The van der Waals surface area contributed by atoms with E-state index in [0.29, 0.717) is 12.2 Å². The van der Waals surface area contributed by atoms with Gasteiger partial charge in [0.25, 0.3) is 11.8 Å². The molecule has 0 spiro atoms. The van der Waals surface area contributed by atoms with Gasteiger partial charge in [-0.3, -0.25) is 14.4 Å². The molecule has 126 valence electrons. The topological polar surface area (TPSA) is 98.7 Å². The molecule has 2 heterocycles. The van der Waals surface area contributed by atoms with E-state index in [1.807, 2.05) is 19.1 Å². The van der Waals surface area contributed by atoms with Crippen LogP contribution in [0.25, 0.3) is 0 Å². The summed E-state index contributed by atoms with van der Waals surface area (Å²) >= 11 is 0. The van der Waals surface area contributed by atoms with Crippen LogP contribution in [0.3, 0.4) is 0 Å². The maximum Gasteiger partial charge on any atom is 0.264 e. The number of nitrogens with zero attached hydrogens (tertiary/aromatic N) is 1. The first-order valence-corrected chi connectivity index (χ1v) is 7.74. The molecule has 3 N–H and O–H groups in total. The third-order valence-corrected chi connectivity index (χ3v) is 4.45. The molecule has 3 amide bonds. The van der Waals surface area contributed by atoms with Crippen LogP contribution in [0.15, 0.2) is 35.6 Å². The number of hydrogen-bond donors (Lipinski definition) is 3. The molecule has 0 bridgehead atoms. The Hall–Kier alpha value is -2.83. The average Bonchev–Trinajstić information content (AvgIpc) is 2.94. The fourth-order valence-corrected chi connectivity index (χ4v) is 3.08. The Morgan fingerprint density at radius 1 is 1.25 bits per heavy atom. The zero-order valence-corrected chi connectivity index (χ0v) is 13.5. The van der Waals surface area contributed by atoms with Gasteiger partial charge in [-0.25, -0.2) is 0 Å². The summed E-state index contributed by atoms with van der Waals surface area (Å²) in [6.45, 7) is 3.98. The van der Waals surface area contributed by atoms with Crippen LogP contribution in [0.1, 0.15) is 12.5 Å². The van der Waals surface area contributed by atoms with Crippen LogP contribution in [0, 0.1) is 12.8 Å². The second-order valence-electron chi connectivity index (χ2n) is 6.19. The lowest BCUT2D eigenvalue weighted by Crippen LogP contribution is -2.48. The van der Waals surface area contributed by atoms with Crippen LogP contribution in [0.4, 0.5) is 5.69 Å². The Morgan fingerprint density at radius 3 is 2.54 bits per heavy atom. The Morgan fingerprint density at radius 2 is 1.92 bits per heavy atom. The van der Waals surface area contributed by atoms with E-state index in [-0.39, 0.29) is 29.8 Å². The second kappa shape index (κ2) is 5.99. The van der Waals surface area contributed by atoms with Crippen molar-refractivity contribution in [3.8, 4) is 0 Å². The monoisotopic (exact) mass is 329 g/mol. The van der Waals surface area contributed by atoms with Crippen LogP contribution in [-0.4, -0.2) is 46.9 Å². The summed E-state index contributed by atoms with van der Waals surface area (Å²) in [7, 11) is 0. The Balaban J connectivity index is 1.83. The number of amides is 3. The van der Waals surface area contributed by atoms with Gasteiger partial charge in [0.15, 0.2) is 0 Å². The number of anilines is 1. The number of nitrogens with one attached hydrogen (secondary N) is 2. The largest absolute Gasteiger partial charge is 0.511 e. The molecule has 0 saturated carbocycles. The summed E-state index contributed by atoms with van der Waals surface area (Å²) in [5, 5.41) is 15.7. The average molecular weight is 329 g/mol. The number of aryl methyl sites for hydroxylation is 1. The lowest BCUT2D eigenvalue weighted by molar-refractivity contribution is -0.128. The van der Waals surface area contributed by atoms with E-state index in [2.05, 4.69) is 10.6 Å². The molecular weight excluding hydrogens is 310 g/mol. The third-order valence-electron chi connectivity index (χ3n) is 4.45. The molecule has 2 aliphatic rings. The number of rotatable bonds is 2. The summed E-state index contributed by atoms with van der Waals surface area (Å²) in [4.78, 5) is 37.7. The minimum atomic E-state index is -0.659. The fourth-order valence-electron chi connectivity index (χ4n) is 3.08. The SMILES string of the molecule is CC(=O)N1C[C@@H]2NC(=O)C(C(=O)Nc3ccc(C)cc3)=C(O)[C@H]2C1. The van der Waals surface area contributed by atoms with Crippen molar-refractivity contribution in [3.63, 3.8) is 0 Å². The van der Waals surface area contributed by atoms with Gasteiger partial charge in [-0.2, -0.15) is 0 Å². The van der Waals surface area contributed by atoms with Crippen LogP contribution >= 0.6 is 0 Å². The molecule has 0 aromatic heterocycles. The summed E-state index contributed by atoms with van der Waals surface area (Å²) in [6, 6.07) is 6.76. The molecule has 3 rings (SSSR count). The molecule has 1 saturated heterocycles. The number of carbonyl (C=O) groups is 3. The highest BCUT2D eigenvalue weighted by Crippen LogP contribution is 2.29. The third kappa shape index (κ3) is 2.84. The smallest absolute Gasteiger partial charge is 0.264 e. The van der Waals surface area contributed by atoms with Crippen molar-refractivity contribution in [2.24, 2.45) is 5.92 Å². The molecule has 1 aromatic carbocycles. The van der Waals surface area contributed by atoms with Gasteiger partial charge < -0.3 is 20.6 Å². The molecule has 2 atom stereocenters. The maximum absolute atomic E-state index is 12.4. The van der Waals surface area contributed by atoms with Gasteiger partial charge in [0.1, 0.15) is 11.3 Å². The molecule has 0 unspecified atom stereocenters. The van der Waals surface area contributed by atoms with E-state index in [1.165, 1.54) is 6.92 Å². The van der Waals surface area contributed by atoms with E-state index in [4.69, 9.17) is 0 Å². The van der Waals surface area contributed by atoms with E-state index < -0.39 is 17.7 Å². The molecule has 0 radical (unpaired) electrons. The molecule has 7 heteroatoms. The molecule has 1 fully saturated rings. The molecule has 24 heavy (non-hydrogen) atoms. The molecule has 2 aliphatic heterocycles. The molecule has 7 nitrogen and oxygen atoms in total. The minimum Gasteiger partial charge on any atom is -0.511 e. The van der Waals surface area contributed by atoms with Gasteiger partial charge in [-0.15, -0.1) is 0 Å². The second-order valence-corrected chi connectivity index (χ2v) is 6.19. The summed E-state index contributed by atoms with van der Waals surface area (Å²) in [5.41, 5.74) is 1.29. The number of likely N-dealkylation sites (tertiary alicyclic amines) is 1. The highest BCUT2D eigenvalue weighted by atomic mass is 16.3. The Kier molecular flexibility index (Phi) is 4.01. The van der Waals surface area contributed by atoms with Gasteiger partial charge in [-0.1, -0.05) is 17.7 Å². The lowest BCUT2D eigenvalue weighted by atomic mass is 9.92. The van der Waals surface area contributed by atoms with Gasteiger partial charge in [0, 0.05) is 25.7 Å². The maximum atomic E-state index is 12.4. The first kappa shape index (κ1) is 16.0. The van der Waals surface area contributed by atoms with E-state index in [9.17, 15) is 19.5 Å². The number of aliphatic hydroxyl groups is 1. The number of carbonyl (C=O) groups excluding carboxylic acids is 3. The normalized spacial score (nSPS) is 22.9. The first-order valence-electron chi connectivity index (χ1n) is 7.74. The Bertz CT molecular complexity index is 739. The van der Waals surface area contributed by atoms with Crippen molar-refractivity contribution < 1.29 is 19.5 Å². The molecular formula is C17H19N3O4. The Labute approximate surface area is 139 Å². The van der Waals surface area contributed by atoms with Gasteiger partial charge in [0.05, 0.1) is 12.0 Å². The van der Waals surface area contributed by atoms with Crippen molar-refractivity contribution in [2.45, 2.75) is 19.9 Å². The minimum absolute atomic E-state index is 0.128. The van der Waals surface area contributed by atoms with Gasteiger partial charge in [0.2, 0.25) is 5.91 Å². The van der Waals surface area contributed by atoms with E-state index in [1.54, 1.807) is 17.0 Å². The van der Waals surface area contributed by atoms with Gasteiger partial charge in [-0.05, 0) is 19.1 Å². The zero-order valence-electron chi connectivity index (χ0n) is 13.5. The summed E-state index contributed by atoms with van der Waals surface area (Å²) in [6.07, 6.45) is 0. The first-order chi connectivity index (χ1) is 11.4. The van der Waals surface area contributed by atoms with Crippen molar-refractivity contribution in [1.82, 2.24) is 10.2 Å². The quantitative estimate of drug-likeness (QED) is 0.696. The van der Waals surface area contributed by atoms with Crippen molar-refractivity contribution >= 4 is 23.4 Å². The highest BCUT2D eigenvalue weighted by molar-refractivity contribution is 6.23. The van der Waals surface area contributed by atoms with E-state index >= 15 is 0 Å². The van der Waals surface area contributed by atoms with Crippen LogP contribution in [0.5, 0.6) is 0 Å². The number of hydrogen-bond acceptors (Lipinski definition) is 4. The van der Waals surface area contributed by atoms with Crippen molar-refractivity contribution in [1.29, 1.82) is 0 Å². The lowest BCUT2D eigenvalue weighted by Gasteiger charge is -2.26. The van der Waals surface area contributed by atoms with Crippen molar-refractivity contribution in [2.75, 3.05) is 18.4 Å².